The van der Waals surface area contributed by atoms with Crippen molar-refractivity contribution < 1.29 is 8.42 Å². The van der Waals surface area contributed by atoms with Crippen molar-refractivity contribution >= 4 is 10.0 Å². The highest BCUT2D eigenvalue weighted by molar-refractivity contribution is 7.89. The van der Waals surface area contributed by atoms with E-state index < -0.39 is 15.3 Å². The van der Waals surface area contributed by atoms with Gasteiger partial charge in [0, 0.05) is 25.9 Å². The van der Waals surface area contributed by atoms with Gasteiger partial charge in [-0.25, -0.2) is 8.42 Å². The topological polar surface area (TPSA) is 109 Å². The molecule has 0 aromatic carbocycles. The van der Waals surface area contributed by atoms with Crippen molar-refractivity contribution in [2.24, 2.45) is 0 Å². The Labute approximate surface area is 95.4 Å². The summed E-state index contributed by atoms with van der Waals surface area (Å²) in [5.41, 5.74) is 0. The largest absolute Gasteiger partial charge is 0.230 e. The Morgan fingerprint density at radius 2 is 1.56 bits per heavy atom. The van der Waals surface area contributed by atoms with Crippen LogP contribution in [0.4, 0.5) is 0 Å². The van der Waals surface area contributed by atoms with Gasteiger partial charge >= 0.3 is 0 Å². The molecule has 16 heavy (non-hydrogen) atoms. The van der Waals surface area contributed by atoms with E-state index in [-0.39, 0.29) is 25.9 Å². The van der Waals surface area contributed by atoms with Crippen LogP contribution in [0.2, 0.25) is 0 Å². The lowest BCUT2D eigenvalue weighted by atomic mass is 10.4. The number of hydrogen-bond acceptors (Lipinski definition) is 5. The van der Waals surface area contributed by atoms with Crippen LogP contribution in [0.1, 0.15) is 19.8 Å². The molecule has 0 saturated carbocycles. The van der Waals surface area contributed by atoms with E-state index in [0.29, 0.717) is 0 Å². The second kappa shape index (κ2) is 6.79. The molecule has 0 bridgehead atoms. The van der Waals surface area contributed by atoms with E-state index >= 15 is 0 Å². The molecule has 0 aliphatic heterocycles. The van der Waals surface area contributed by atoms with Crippen LogP contribution in [-0.2, 0) is 10.0 Å². The third-order valence-corrected chi connectivity index (χ3v) is 4.02. The lowest BCUT2D eigenvalue weighted by molar-refractivity contribution is 0.422. The Morgan fingerprint density at radius 1 is 1.12 bits per heavy atom. The van der Waals surface area contributed by atoms with Crippen molar-refractivity contribution in [3.8, 4) is 18.2 Å². The zero-order valence-electron chi connectivity index (χ0n) is 8.92. The van der Waals surface area contributed by atoms with Gasteiger partial charge in [-0.1, -0.05) is 0 Å². The number of hydrogen-bond donors (Lipinski definition) is 0. The lowest BCUT2D eigenvalue weighted by Gasteiger charge is -2.20. The van der Waals surface area contributed by atoms with Gasteiger partial charge in [0.1, 0.15) is 0 Å². The SMILES string of the molecule is CC(C#N)S(=O)(=O)N(CCC#N)CCC#N. The minimum atomic E-state index is -3.73. The molecule has 0 N–H and O–H groups in total. The van der Waals surface area contributed by atoms with Crippen molar-refractivity contribution in [1.82, 2.24) is 4.31 Å². The van der Waals surface area contributed by atoms with Gasteiger partial charge in [-0.2, -0.15) is 20.1 Å². The van der Waals surface area contributed by atoms with Crippen LogP contribution in [0.15, 0.2) is 0 Å². The molecular formula is C9H12N4O2S. The van der Waals surface area contributed by atoms with Crippen LogP contribution in [0, 0.1) is 34.0 Å². The quantitative estimate of drug-likeness (QED) is 0.665. The Bertz CT molecular complexity index is 420. The zero-order chi connectivity index (χ0) is 12.6. The van der Waals surface area contributed by atoms with E-state index in [0.717, 1.165) is 4.31 Å². The summed E-state index contributed by atoms with van der Waals surface area (Å²) in [6, 6.07) is 5.31. The highest BCUT2D eigenvalue weighted by Gasteiger charge is 2.27. The molecule has 0 fully saturated rings. The second-order valence-electron chi connectivity index (χ2n) is 3.03. The molecule has 0 amide bonds. The minimum Gasteiger partial charge on any atom is -0.211 e. The first-order valence-corrected chi connectivity index (χ1v) is 6.13. The van der Waals surface area contributed by atoms with Gasteiger partial charge in [-0.3, -0.25) is 0 Å². The summed E-state index contributed by atoms with van der Waals surface area (Å²) in [5.74, 6) is 0. The third kappa shape index (κ3) is 3.86. The molecule has 1 atom stereocenters. The molecule has 0 radical (unpaired) electrons. The Balaban J connectivity index is 4.83. The Morgan fingerprint density at radius 3 is 1.88 bits per heavy atom. The van der Waals surface area contributed by atoms with Crippen LogP contribution >= 0.6 is 0 Å². The fraction of sp³-hybridized carbons (Fsp3) is 0.667. The van der Waals surface area contributed by atoms with Gasteiger partial charge in [0.05, 0.1) is 18.2 Å². The summed E-state index contributed by atoms with van der Waals surface area (Å²) in [6.07, 6.45) is 0.0889. The molecule has 0 rings (SSSR count). The average Bonchev–Trinajstić information content (AvgIpc) is 2.27. The first-order valence-electron chi connectivity index (χ1n) is 4.63. The van der Waals surface area contributed by atoms with E-state index in [2.05, 4.69) is 0 Å². The monoisotopic (exact) mass is 240 g/mol. The summed E-state index contributed by atoms with van der Waals surface area (Å²) in [4.78, 5) is 0. The average molecular weight is 240 g/mol. The molecule has 6 nitrogen and oxygen atoms in total. The van der Waals surface area contributed by atoms with Gasteiger partial charge in [0.25, 0.3) is 0 Å². The van der Waals surface area contributed by atoms with Gasteiger partial charge in [0.2, 0.25) is 10.0 Å². The molecular weight excluding hydrogens is 228 g/mol. The number of nitrogens with zero attached hydrogens (tertiary/aromatic N) is 4. The summed E-state index contributed by atoms with van der Waals surface area (Å²) < 4.78 is 24.5. The number of rotatable bonds is 6. The van der Waals surface area contributed by atoms with Gasteiger partial charge < -0.3 is 0 Å². The molecule has 1 unspecified atom stereocenters. The van der Waals surface area contributed by atoms with Crippen LogP contribution < -0.4 is 0 Å². The lowest BCUT2D eigenvalue weighted by Crippen LogP contribution is -2.38. The fourth-order valence-corrected chi connectivity index (χ4v) is 2.28. The van der Waals surface area contributed by atoms with E-state index in [9.17, 15) is 8.42 Å². The molecule has 0 heterocycles. The van der Waals surface area contributed by atoms with Crippen molar-refractivity contribution in [1.29, 1.82) is 15.8 Å². The zero-order valence-corrected chi connectivity index (χ0v) is 9.74. The summed E-state index contributed by atoms with van der Waals surface area (Å²) in [6.45, 7) is 1.32. The normalized spacial score (nSPS) is 12.4. The number of sulfonamides is 1. The van der Waals surface area contributed by atoms with Crippen molar-refractivity contribution in [3.63, 3.8) is 0 Å². The molecule has 0 aliphatic carbocycles. The smallest absolute Gasteiger partial charge is 0.211 e. The Kier molecular flexibility index (Phi) is 6.10. The van der Waals surface area contributed by atoms with Crippen LogP contribution in [0.3, 0.4) is 0 Å². The van der Waals surface area contributed by atoms with Crippen LogP contribution in [0.25, 0.3) is 0 Å². The number of nitriles is 3. The Hall–Kier alpha value is -1.62. The third-order valence-electron chi connectivity index (χ3n) is 1.93. The van der Waals surface area contributed by atoms with E-state index in [4.69, 9.17) is 15.8 Å². The first kappa shape index (κ1) is 14.4. The molecule has 7 heteroatoms. The fourth-order valence-electron chi connectivity index (χ4n) is 1.01. The maximum atomic E-state index is 11.8. The molecule has 86 valence electrons. The molecule has 0 spiro atoms. The highest BCUT2D eigenvalue weighted by Crippen LogP contribution is 2.09. The van der Waals surface area contributed by atoms with E-state index in [1.165, 1.54) is 6.92 Å². The summed E-state index contributed by atoms with van der Waals surface area (Å²) in [7, 11) is -3.73. The molecule has 0 aromatic heterocycles. The van der Waals surface area contributed by atoms with Crippen molar-refractivity contribution in [2.75, 3.05) is 13.1 Å². The molecule has 0 aromatic rings. The maximum Gasteiger partial charge on any atom is 0.230 e. The van der Waals surface area contributed by atoms with E-state index in [1.54, 1.807) is 6.07 Å². The van der Waals surface area contributed by atoms with Gasteiger partial charge in [-0.05, 0) is 6.92 Å². The summed E-state index contributed by atoms with van der Waals surface area (Å²) >= 11 is 0. The van der Waals surface area contributed by atoms with Crippen LogP contribution in [0.5, 0.6) is 0 Å². The second-order valence-corrected chi connectivity index (χ2v) is 5.28. The maximum absolute atomic E-state index is 11.8. The summed E-state index contributed by atoms with van der Waals surface area (Å²) in [5, 5.41) is 24.2. The minimum absolute atomic E-state index is 0.0204. The standard InChI is InChI=1S/C9H12N4O2S/c1-9(8-12)16(14,15)13(6-2-4-10)7-3-5-11/h9H,2-3,6-7H2,1H3. The van der Waals surface area contributed by atoms with Crippen LogP contribution in [-0.4, -0.2) is 31.1 Å². The van der Waals surface area contributed by atoms with E-state index in [1.807, 2.05) is 12.1 Å². The van der Waals surface area contributed by atoms with Gasteiger partial charge in [-0.15, -0.1) is 0 Å². The van der Waals surface area contributed by atoms with Gasteiger partial charge in [0.15, 0.2) is 5.25 Å². The predicted molar refractivity (Wildman–Crippen MR) is 56.0 cm³/mol. The van der Waals surface area contributed by atoms with Crippen molar-refractivity contribution in [2.45, 2.75) is 25.0 Å². The molecule has 0 aliphatic rings. The first-order chi connectivity index (χ1) is 7.50. The highest BCUT2D eigenvalue weighted by atomic mass is 32.2. The predicted octanol–water partition coefficient (Wildman–Crippen LogP) is 0.358. The molecule has 0 saturated heterocycles. The van der Waals surface area contributed by atoms with Crippen molar-refractivity contribution in [3.05, 3.63) is 0 Å².